The van der Waals surface area contributed by atoms with Crippen LogP contribution in [0, 0.1) is 12.8 Å². The molecule has 3 rings (SSSR count). The minimum absolute atomic E-state index is 0.0466. The Morgan fingerprint density at radius 2 is 1.59 bits per heavy atom. The zero-order valence-electron chi connectivity index (χ0n) is 18.3. The molecule has 0 atom stereocenters. The van der Waals surface area contributed by atoms with Crippen molar-refractivity contribution in [2.75, 3.05) is 14.2 Å². The largest absolute Gasteiger partial charge is 0.466 e. The normalized spacial score (nSPS) is 14.2. The number of ether oxygens (including phenoxy) is 3. The van der Waals surface area contributed by atoms with Crippen LogP contribution < -0.4 is 5.32 Å². The van der Waals surface area contributed by atoms with Crippen molar-refractivity contribution in [3.8, 4) is 11.4 Å². The van der Waals surface area contributed by atoms with Crippen molar-refractivity contribution in [1.29, 1.82) is 0 Å². The van der Waals surface area contributed by atoms with Gasteiger partial charge in [-0.05, 0) is 26.3 Å². The van der Waals surface area contributed by atoms with Gasteiger partial charge in [0.2, 0.25) is 5.82 Å². The van der Waals surface area contributed by atoms with Gasteiger partial charge in [0, 0.05) is 17.0 Å². The van der Waals surface area contributed by atoms with Gasteiger partial charge in [-0.2, -0.15) is 4.98 Å². The van der Waals surface area contributed by atoms with E-state index < -0.39 is 23.8 Å². The first-order valence-electron chi connectivity index (χ1n) is 9.68. The summed E-state index contributed by atoms with van der Waals surface area (Å²) in [5, 5.41) is 6.82. The molecule has 0 aliphatic carbocycles. The number of hydrogen-bond acceptors (Lipinski definition) is 10. The topological polar surface area (TPSA) is 130 Å². The van der Waals surface area contributed by atoms with Crippen molar-refractivity contribution >= 4 is 17.9 Å². The van der Waals surface area contributed by atoms with Crippen LogP contribution >= 0.6 is 0 Å². The smallest absolute Gasteiger partial charge is 0.336 e. The lowest BCUT2D eigenvalue weighted by molar-refractivity contribution is -0.152. The maximum atomic E-state index is 13.0. The SMILES string of the molecule is COC(=O)C1=C(C)NC(C)=C(C(=O)OC)C1C(=O)OCc1nc(-c2ccccc2C)no1. The lowest BCUT2D eigenvalue weighted by atomic mass is 9.85. The molecule has 0 unspecified atom stereocenters. The first kappa shape index (κ1) is 22.7. The molecule has 0 radical (unpaired) electrons. The number of methoxy groups -OCH3 is 2. The maximum Gasteiger partial charge on any atom is 0.336 e. The molecule has 0 saturated heterocycles. The molecule has 0 saturated carbocycles. The molecule has 2 heterocycles. The predicted octanol–water partition coefficient (Wildman–Crippen LogP) is 2.20. The highest BCUT2D eigenvalue weighted by atomic mass is 16.6. The molecule has 1 aromatic heterocycles. The summed E-state index contributed by atoms with van der Waals surface area (Å²) in [5.74, 6) is -3.33. The summed E-state index contributed by atoms with van der Waals surface area (Å²) in [6.45, 7) is 4.75. The average molecular weight is 441 g/mol. The number of rotatable bonds is 6. The number of aryl methyl sites for hydroxylation is 1. The zero-order valence-corrected chi connectivity index (χ0v) is 18.3. The number of allylic oxidation sites excluding steroid dienone is 2. The molecule has 0 bridgehead atoms. The fourth-order valence-electron chi connectivity index (χ4n) is 3.45. The molecule has 0 spiro atoms. The number of carbonyl (C=O) groups is 3. The third-order valence-corrected chi connectivity index (χ3v) is 5.00. The Hall–Kier alpha value is -3.95. The van der Waals surface area contributed by atoms with Crippen LogP contribution in [0.3, 0.4) is 0 Å². The zero-order chi connectivity index (χ0) is 23.4. The summed E-state index contributed by atoms with van der Waals surface area (Å²) in [5.41, 5.74) is 2.37. The molecular weight excluding hydrogens is 418 g/mol. The van der Waals surface area contributed by atoms with E-state index in [1.165, 1.54) is 14.2 Å². The lowest BCUT2D eigenvalue weighted by Crippen LogP contribution is -2.37. The molecule has 2 aromatic rings. The number of esters is 3. The predicted molar refractivity (Wildman–Crippen MR) is 110 cm³/mol. The van der Waals surface area contributed by atoms with Crippen LogP contribution in [-0.4, -0.2) is 42.3 Å². The monoisotopic (exact) mass is 441 g/mol. The second-order valence-corrected chi connectivity index (χ2v) is 7.05. The van der Waals surface area contributed by atoms with Crippen LogP contribution in [0.15, 0.2) is 51.3 Å². The van der Waals surface area contributed by atoms with E-state index in [0.717, 1.165) is 11.1 Å². The van der Waals surface area contributed by atoms with Gasteiger partial charge < -0.3 is 24.1 Å². The second-order valence-electron chi connectivity index (χ2n) is 7.05. The highest BCUT2D eigenvalue weighted by molar-refractivity contribution is 6.05. The highest BCUT2D eigenvalue weighted by Crippen LogP contribution is 2.32. The molecule has 0 fully saturated rings. The van der Waals surface area contributed by atoms with Gasteiger partial charge in [0.25, 0.3) is 5.89 Å². The molecule has 0 amide bonds. The summed E-state index contributed by atoms with van der Waals surface area (Å²) < 4.78 is 20.1. The molecule has 1 N–H and O–H groups in total. The van der Waals surface area contributed by atoms with Crippen molar-refractivity contribution in [1.82, 2.24) is 15.5 Å². The van der Waals surface area contributed by atoms with Crippen LogP contribution in [0.5, 0.6) is 0 Å². The van der Waals surface area contributed by atoms with E-state index in [9.17, 15) is 14.4 Å². The molecule has 1 aromatic carbocycles. The van der Waals surface area contributed by atoms with Gasteiger partial charge in [-0.1, -0.05) is 29.4 Å². The summed E-state index contributed by atoms with van der Waals surface area (Å²) in [4.78, 5) is 42.0. The van der Waals surface area contributed by atoms with E-state index in [-0.39, 0.29) is 23.6 Å². The Morgan fingerprint density at radius 1 is 1.00 bits per heavy atom. The summed E-state index contributed by atoms with van der Waals surface area (Å²) in [7, 11) is 2.36. The van der Waals surface area contributed by atoms with Gasteiger partial charge in [0.05, 0.1) is 25.4 Å². The quantitative estimate of drug-likeness (QED) is 0.526. The Labute approximate surface area is 184 Å². The molecule has 10 nitrogen and oxygen atoms in total. The van der Waals surface area contributed by atoms with Crippen LogP contribution in [0.4, 0.5) is 0 Å². The number of aromatic nitrogens is 2. The fourth-order valence-corrected chi connectivity index (χ4v) is 3.45. The third-order valence-electron chi connectivity index (χ3n) is 5.00. The minimum Gasteiger partial charge on any atom is -0.466 e. The average Bonchev–Trinajstić information content (AvgIpc) is 3.25. The standard InChI is InChI=1S/C22H23N3O7/c1-11-8-6-7-9-14(11)19-24-15(32-25-19)10-31-22(28)18-16(20(26)29-4)12(2)23-13(3)17(18)21(27)30-5/h6-9,18,23H,10H2,1-5H3. The van der Waals surface area contributed by atoms with Crippen LogP contribution in [-0.2, 0) is 35.2 Å². The number of nitrogens with one attached hydrogen (secondary N) is 1. The van der Waals surface area contributed by atoms with Crippen molar-refractivity contribution in [2.24, 2.45) is 5.92 Å². The number of dihydropyridines is 1. The molecule has 10 heteroatoms. The molecule has 1 aliphatic heterocycles. The van der Waals surface area contributed by atoms with Gasteiger partial charge in [0.1, 0.15) is 5.92 Å². The van der Waals surface area contributed by atoms with Gasteiger partial charge in [-0.15, -0.1) is 0 Å². The van der Waals surface area contributed by atoms with Gasteiger partial charge in [-0.3, -0.25) is 4.79 Å². The summed E-state index contributed by atoms with van der Waals surface area (Å²) >= 11 is 0. The lowest BCUT2D eigenvalue weighted by Gasteiger charge is -2.28. The maximum absolute atomic E-state index is 13.0. The number of benzene rings is 1. The van der Waals surface area contributed by atoms with E-state index in [4.69, 9.17) is 18.7 Å². The number of hydrogen-bond donors (Lipinski definition) is 1. The van der Waals surface area contributed by atoms with Crippen LogP contribution in [0.2, 0.25) is 0 Å². The van der Waals surface area contributed by atoms with Crippen LogP contribution in [0.1, 0.15) is 25.3 Å². The first-order chi connectivity index (χ1) is 15.3. The second kappa shape index (κ2) is 9.46. The van der Waals surface area contributed by atoms with E-state index in [1.807, 2.05) is 31.2 Å². The summed E-state index contributed by atoms with van der Waals surface area (Å²) in [6.07, 6.45) is 0. The Balaban J connectivity index is 1.85. The van der Waals surface area contributed by atoms with Crippen molar-refractivity contribution < 1.29 is 33.1 Å². The van der Waals surface area contributed by atoms with E-state index in [2.05, 4.69) is 15.5 Å². The van der Waals surface area contributed by atoms with E-state index in [1.54, 1.807) is 13.8 Å². The van der Waals surface area contributed by atoms with E-state index >= 15 is 0 Å². The molecular formula is C22H23N3O7. The molecule has 32 heavy (non-hydrogen) atoms. The molecule has 168 valence electrons. The minimum atomic E-state index is -1.34. The van der Waals surface area contributed by atoms with Gasteiger partial charge >= 0.3 is 17.9 Å². The van der Waals surface area contributed by atoms with Gasteiger partial charge in [-0.25, -0.2) is 9.59 Å². The first-order valence-corrected chi connectivity index (χ1v) is 9.68. The van der Waals surface area contributed by atoms with Crippen LogP contribution in [0.25, 0.3) is 11.4 Å². The third kappa shape index (κ3) is 4.39. The van der Waals surface area contributed by atoms with Gasteiger partial charge in [0.15, 0.2) is 6.61 Å². The molecule has 1 aliphatic rings. The van der Waals surface area contributed by atoms with Crippen molar-refractivity contribution in [3.05, 3.63) is 58.3 Å². The highest BCUT2D eigenvalue weighted by Gasteiger charge is 2.42. The Bertz CT molecular complexity index is 1090. The Kier molecular flexibility index (Phi) is 6.72. The summed E-state index contributed by atoms with van der Waals surface area (Å²) in [6, 6.07) is 7.50. The number of nitrogens with zero attached hydrogens (tertiary/aromatic N) is 2. The Morgan fingerprint density at radius 3 is 2.16 bits per heavy atom. The number of carbonyl (C=O) groups excluding carboxylic acids is 3. The van der Waals surface area contributed by atoms with E-state index in [0.29, 0.717) is 17.2 Å². The van der Waals surface area contributed by atoms with Crippen molar-refractivity contribution in [3.63, 3.8) is 0 Å². The fraction of sp³-hybridized carbons (Fsp3) is 0.318. The van der Waals surface area contributed by atoms with Crippen molar-refractivity contribution in [2.45, 2.75) is 27.4 Å².